The van der Waals surface area contributed by atoms with Crippen molar-refractivity contribution in [3.8, 4) is 0 Å². The number of hydrogen-bond acceptors (Lipinski definition) is 1. The summed E-state index contributed by atoms with van der Waals surface area (Å²) in [6.45, 7) is 6.71. The van der Waals surface area contributed by atoms with E-state index in [1.165, 1.54) is 16.7 Å². The van der Waals surface area contributed by atoms with Crippen molar-refractivity contribution in [2.45, 2.75) is 57.3 Å². The Bertz CT molecular complexity index is 661. The maximum absolute atomic E-state index is 12.0. The van der Waals surface area contributed by atoms with E-state index in [-0.39, 0.29) is 5.41 Å². The Morgan fingerprint density at radius 3 is 2.04 bits per heavy atom. The van der Waals surface area contributed by atoms with E-state index in [2.05, 4.69) is 75.4 Å². The molecule has 23 heavy (non-hydrogen) atoms. The van der Waals surface area contributed by atoms with Gasteiger partial charge in [0.25, 0.3) is 0 Å². The minimum Gasteiger partial charge on any atom is -0.300 e. The van der Waals surface area contributed by atoms with E-state index in [9.17, 15) is 4.79 Å². The minimum absolute atomic E-state index is 0.166. The average molecular weight is 306 g/mol. The average Bonchev–Trinajstić information content (AvgIpc) is 2.55. The third-order valence-corrected chi connectivity index (χ3v) is 5.10. The Balaban J connectivity index is 1.92. The van der Waals surface area contributed by atoms with Gasteiger partial charge in [-0.1, -0.05) is 75.4 Å². The summed E-state index contributed by atoms with van der Waals surface area (Å²) < 4.78 is 0. The molecule has 1 saturated carbocycles. The molecule has 0 unspecified atom stereocenters. The van der Waals surface area contributed by atoms with Crippen LogP contribution in [0.5, 0.6) is 0 Å². The highest BCUT2D eigenvalue weighted by Crippen LogP contribution is 2.43. The number of ketones is 1. The predicted octanol–water partition coefficient (Wildman–Crippen LogP) is 5.60. The number of carbonyl (C=O) groups excluding carboxylic acids is 1. The van der Waals surface area contributed by atoms with Gasteiger partial charge in [0, 0.05) is 12.8 Å². The van der Waals surface area contributed by atoms with Crippen LogP contribution in [0.4, 0.5) is 0 Å². The van der Waals surface area contributed by atoms with Crippen LogP contribution in [0.1, 0.15) is 68.6 Å². The van der Waals surface area contributed by atoms with E-state index in [0.29, 0.717) is 24.0 Å². The third-order valence-electron chi connectivity index (χ3n) is 5.10. The molecule has 0 heterocycles. The first-order valence-electron chi connectivity index (χ1n) is 8.62. The lowest BCUT2D eigenvalue weighted by Gasteiger charge is -2.32. The van der Waals surface area contributed by atoms with E-state index in [4.69, 9.17) is 0 Å². The van der Waals surface area contributed by atoms with Crippen LogP contribution < -0.4 is 0 Å². The van der Waals surface area contributed by atoms with Crippen LogP contribution in [-0.4, -0.2) is 5.78 Å². The van der Waals surface area contributed by atoms with Crippen molar-refractivity contribution in [1.29, 1.82) is 0 Å². The summed E-state index contributed by atoms with van der Waals surface area (Å²) in [6, 6.07) is 19.6. The maximum Gasteiger partial charge on any atom is 0.133 e. The lowest BCUT2D eigenvalue weighted by molar-refractivity contribution is -0.121. The number of benzene rings is 2. The van der Waals surface area contributed by atoms with Crippen LogP contribution in [0, 0.1) is 0 Å². The summed E-state index contributed by atoms with van der Waals surface area (Å²) in [5.74, 6) is 1.17. The molecule has 1 nitrogen and oxygen atoms in total. The predicted molar refractivity (Wildman–Crippen MR) is 95.9 cm³/mol. The quantitative estimate of drug-likeness (QED) is 0.705. The topological polar surface area (TPSA) is 17.1 Å². The summed E-state index contributed by atoms with van der Waals surface area (Å²) in [5, 5.41) is 0. The van der Waals surface area contributed by atoms with Crippen molar-refractivity contribution in [1.82, 2.24) is 0 Å². The SMILES string of the molecule is CC(C)(C)c1ccc([C@H]2CC(=O)CC[C@@H]2c2ccccc2)cc1. The molecule has 1 heteroatoms. The molecule has 0 bridgehead atoms. The fourth-order valence-electron chi connectivity index (χ4n) is 3.69. The van der Waals surface area contributed by atoms with Crippen LogP contribution >= 0.6 is 0 Å². The first-order valence-corrected chi connectivity index (χ1v) is 8.62. The van der Waals surface area contributed by atoms with Gasteiger partial charge in [-0.05, 0) is 40.4 Å². The molecule has 1 fully saturated rings. The first kappa shape index (κ1) is 16.0. The summed E-state index contributed by atoms with van der Waals surface area (Å²) in [7, 11) is 0. The fourth-order valence-corrected chi connectivity index (χ4v) is 3.69. The van der Waals surface area contributed by atoms with E-state index >= 15 is 0 Å². The molecule has 3 rings (SSSR count). The molecule has 0 N–H and O–H groups in total. The lowest BCUT2D eigenvalue weighted by atomic mass is 9.71. The summed E-state index contributed by atoms with van der Waals surface area (Å²) in [5.41, 5.74) is 4.18. The second-order valence-corrected chi connectivity index (χ2v) is 7.78. The van der Waals surface area contributed by atoms with Gasteiger partial charge in [-0.25, -0.2) is 0 Å². The van der Waals surface area contributed by atoms with Crippen molar-refractivity contribution in [2.24, 2.45) is 0 Å². The molecule has 0 saturated heterocycles. The van der Waals surface area contributed by atoms with Gasteiger partial charge in [-0.15, -0.1) is 0 Å². The molecule has 1 aliphatic rings. The van der Waals surface area contributed by atoms with E-state index < -0.39 is 0 Å². The van der Waals surface area contributed by atoms with Crippen molar-refractivity contribution < 1.29 is 4.79 Å². The first-order chi connectivity index (χ1) is 10.9. The molecule has 2 aromatic rings. The van der Waals surface area contributed by atoms with Crippen molar-refractivity contribution in [2.75, 3.05) is 0 Å². The highest BCUT2D eigenvalue weighted by molar-refractivity contribution is 5.80. The second kappa shape index (κ2) is 6.31. The summed E-state index contributed by atoms with van der Waals surface area (Å²) in [6.07, 6.45) is 2.36. The van der Waals surface area contributed by atoms with E-state index in [0.717, 1.165) is 12.8 Å². The Morgan fingerprint density at radius 2 is 1.43 bits per heavy atom. The summed E-state index contributed by atoms with van der Waals surface area (Å²) in [4.78, 5) is 12.0. The van der Waals surface area contributed by atoms with Crippen LogP contribution in [-0.2, 0) is 10.2 Å². The smallest absolute Gasteiger partial charge is 0.133 e. The molecule has 2 atom stereocenters. The van der Waals surface area contributed by atoms with Crippen LogP contribution in [0.3, 0.4) is 0 Å². The molecule has 120 valence electrons. The van der Waals surface area contributed by atoms with Gasteiger partial charge < -0.3 is 0 Å². The molecule has 0 spiro atoms. The highest BCUT2D eigenvalue weighted by Gasteiger charge is 2.31. The fraction of sp³-hybridized carbons (Fsp3) is 0.409. The van der Waals surface area contributed by atoms with Crippen LogP contribution in [0.2, 0.25) is 0 Å². The van der Waals surface area contributed by atoms with E-state index in [1.54, 1.807) is 0 Å². The molecule has 1 aliphatic carbocycles. The molecule has 0 aliphatic heterocycles. The standard InChI is InChI=1S/C22H26O/c1-22(2,3)18-11-9-17(10-12-18)21-15-19(23)13-14-20(21)16-7-5-4-6-8-16/h4-12,20-21H,13-15H2,1-3H3/t20-,21-/m1/s1. The summed E-state index contributed by atoms with van der Waals surface area (Å²) >= 11 is 0. The highest BCUT2D eigenvalue weighted by atomic mass is 16.1. The van der Waals surface area contributed by atoms with Gasteiger partial charge in [0.15, 0.2) is 0 Å². The Labute approximate surface area is 139 Å². The zero-order chi connectivity index (χ0) is 16.4. The van der Waals surface area contributed by atoms with E-state index in [1.807, 2.05) is 0 Å². The maximum atomic E-state index is 12.0. The number of carbonyl (C=O) groups is 1. The Kier molecular flexibility index (Phi) is 4.39. The van der Waals surface area contributed by atoms with Gasteiger partial charge >= 0.3 is 0 Å². The minimum atomic E-state index is 0.166. The monoisotopic (exact) mass is 306 g/mol. The van der Waals surface area contributed by atoms with Crippen LogP contribution in [0.25, 0.3) is 0 Å². The van der Waals surface area contributed by atoms with Crippen molar-refractivity contribution in [3.05, 3.63) is 71.3 Å². The van der Waals surface area contributed by atoms with Gasteiger partial charge in [0.1, 0.15) is 5.78 Å². The van der Waals surface area contributed by atoms with Crippen molar-refractivity contribution in [3.63, 3.8) is 0 Å². The third kappa shape index (κ3) is 3.55. The number of Topliss-reactive ketones (excluding diaryl/α,β-unsaturated/α-hetero) is 1. The van der Waals surface area contributed by atoms with Gasteiger partial charge in [0.05, 0.1) is 0 Å². The lowest BCUT2D eigenvalue weighted by Crippen LogP contribution is -2.22. The number of hydrogen-bond donors (Lipinski definition) is 0. The van der Waals surface area contributed by atoms with Crippen LogP contribution in [0.15, 0.2) is 54.6 Å². The molecule has 0 amide bonds. The Hall–Kier alpha value is -1.89. The Morgan fingerprint density at radius 1 is 0.826 bits per heavy atom. The molecule has 0 aromatic heterocycles. The molecular formula is C22H26O. The zero-order valence-electron chi connectivity index (χ0n) is 14.4. The second-order valence-electron chi connectivity index (χ2n) is 7.78. The number of rotatable bonds is 2. The van der Waals surface area contributed by atoms with Crippen molar-refractivity contribution >= 4 is 5.78 Å². The van der Waals surface area contributed by atoms with Gasteiger partial charge in [-0.3, -0.25) is 4.79 Å². The zero-order valence-corrected chi connectivity index (χ0v) is 14.4. The van der Waals surface area contributed by atoms with Gasteiger partial charge in [0.2, 0.25) is 0 Å². The largest absolute Gasteiger partial charge is 0.300 e. The normalized spacial score (nSPS) is 22.1. The molecule has 0 radical (unpaired) electrons. The van der Waals surface area contributed by atoms with Gasteiger partial charge in [-0.2, -0.15) is 0 Å². The molecular weight excluding hydrogens is 280 g/mol. The molecule has 2 aromatic carbocycles.